The molecule has 5 nitrogen and oxygen atoms in total. The van der Waals surface area contributed by atoms with Crippen LogP contribution in [0.1, 0.15) is 53.9 Å². The number of benzene rings is 1. The Kier molecular flexibility index (Phi) is 4.95. The van der Waals surface area contributed by atoms with Crippen molar-refractivity contribution in [2.24, 2.45) is 5.92 Å². The van der Waals surface area contributed by atoms with Crippen molar-refractivity contribution >= 4 is 5.91 Å². The van der Waals surface area contributed by atoms with Crippen LogP contribution in [-0.2, 0) is 4.74 Å². The Morgan fingerprint density at radius 3 is 2.76 bits per heavy atom. The first-order valence-corrected chi connectivity index (χ1v) is 9.54. The monoisotopic (exact) mass is 344 g/mol. The Bertz CT molecular complexity index is 623. The smallest absolute Gasteiger partial charge is 0.255 e. The Labute approximate surface area is 149 Å². The quantitative estimate of drug-likeness (QED) is 0.798. The molecule has 0 unspecified atom stereocenters. The summed E-state index contributed by atoms with van der Waals surface area (Å²) in [5.41, 5.74) is 1.89. The number of amides is 1. The first kappa shape index (κ1) is 16.9. The molecule has 1 aromatic carbocycles. The number of hydrogen-bond acceptors (Lipinski definition) is 4. The molecule has 2 atom stereocenters. The zero-order valence-electron chi connectivity index (χ0n) is 14.9. The summed E-state index contributed by atoms with van der Waals surface area (Å²) in [6.45, 7) is 2.59. The maximum Gasteiger partial charge on any atom is 0.255 e. The van der Waals surface area contributed by atoms with Crippen LogP contribution >= 0.6 is 0 Å². The van der Waals surface area contributed by atoms with Gasteiger partial charge in [0.05, 0.1) is 12.7 Å². The van der Waals surface area contributed by atoms with E-state index in [4.69, 9.17) is 9.47 Å². The van der Waals surface area contributed by atoms with E-state index in [2.05, 4.69) is 16.7 Å². The van der Waals surface area contributed by atoms with Crippen LogP contribution in [0.25, 0.3) is 0 Å². The molecule has 5 heteroatoms. The average Bonchev–Trinajstić information content (AvgIpc) is 3.55. The fourth-order valence-corrected chi connectivity index (χ4v) is 3.67. The van der Waals surface area contributed by atoms with Crippen LogP contribution in [0.2, 0.25) is 0 Å². The summed E-state index contributed by atoms with van der Waals surface area (Å²) in [7, 11) is 1.62. The van der Waals surface area contributed by atoms with Crippen LogP contribution in [0.15, 0.2) is 18.2 Å². The molecule has 136 valence electrons. The summed E-state index contributed by atoms with van der Waals surface area (Å²) in [6.07, 6.45) is 5.68. The van der Waals surface area contributed by atoms with Crippen LogP contribution in [0.3, 0.4) is 0 Å². The lowest BCUT2D eigenvalue weighted by molar-refractivity contribution is 0.0695. The highest BCUT2D eigenvalue weighted by Gasteiger charge is 2.39. The van der Waals surface area contributed by atoms with Gasteiger partial charge in [-0.15, -0.1) is 0 Å². The minimum atomic E-state index is -0.0336. The standard InChI is InChI=1S/C20H28N2O3/c1-24-19-5-4-14(16-11-18(16)21-12-13-2-3-13)10-17(19)20(23)22-15-6-8-25-9-7-15/h4-5,10,13,15-16,18,21H,2-3,6-9,11-12H2,1H3,(H,22,23)/t16-,18+/m0/s1. The van der Waals surface area contributed by atoms with Crippen molar-refractivity contribution < 1.29 is 14.3 Å². The van der Waals surface area contributed by atoms with Gasteiger partial charge in [0.25, 0.3) is 5.91 Å². The lowest BCUT2D eigenvalue weighted by Gasteiger charge is -2.23. The third kappa shape index (κ3) is 4.15. The molecule has 2 aliphatic carbocycles. The van der Waals surface area contributed by atoms with Gasteiger partial charge in [-0.1, -0.05) is 6.07 Å². The summed E-state index contributed by atoms with van der Waals surface area (Å²) in [6, 6.07) is 6.83. The summed E-state index contributed by atoms with van der Waals surface area (Å²) in [5.74, 6) is 2.04. The van der Waals surface area contributed by atoms with Gasteiger partial charge in [0, 0.05) is 31.2 Å². The zero-order valence-corrected chi connectivity index (χ0v) is 14.9. The third-order valence-electron chi connectivity index (χ3n) is 5.61. The van der Waals surface area contributed by atoms with Crippen molar-refractivity contribution in [3.8, 4) is 5.75 Å². The molecule has 2 saturated carbocycles. The minimum absolute atomic E-state index is 0.0336. The molecule has 0 spiro atoms. The molecule has 4 rings (SSSR count). The highest BCUT2D eigenvalue weighted by molar-refractivity contribution is 5.97. The Morgan fingerprint density at radius 1 is 1.24 bits per heavy atom. The fraction of sp³-hybridized carbons (Fsp3) is 0.650. The summed E-state index contributed by atoms with van der Waals surface area (Å²) in [5, 5.41) is 6.81. The first-order chi connectivity index (χ1) is 12.2. The van der Waals surface area contributed by atoms with Crippen LogP contribution in [0, 0.1) is 5.92 Å². The first-order valence-electron chi connectivity index (χ1n) is 9.54. The van der Waals surface area contributed by atoms with E-state index in [9.17, 15) is 4.79 Å². The fourth-order valence-electron chi connectivity index (χ4n) is 3.67. The zero-order chi connectivity index (χ0) is 17.2. The molecular weight excluding hydrogens is 316 g/mol. The molecule has 0 bridgehead atoms. The van der Waals surface area contributed by atoms with Crippen LogP contribution in [0.5, 0.6) is 5.75 Å². The van der Waals surface area contributed by atoms with E-state index in [0.29, 0.717) is 23.3 Å². The van der Waals surface area contributed by atoms with Gasteiger partial charge in [-0.2, -0.15) is 0 Å². The Morgan fingerprint density at radius 2 is 2.04 bits per heavy atom. The Balaban J connectivity index is 1.41. The number of carbonyl (C=O) groups is 1. The second-order valence-corrected chi connectivity index (χ2v) is 7.62. The van der Waals surface area contributed by atoms with Crippen molar-refractivity contribution in [2.75, 3.05) is 26.9 Å². The van der Waals surface area contributed by atoms with Gasteiger partial charge in [0.2, 0.25) is 0 Å². The van der Waals surface area contributed by atoms with Gasteiger partial charge < -0.3 is 20.1 Å². The van der Waals surface area contributed by atoms with Crippen molar-refractivity contribution in [2.45, 2.75) is 50.1 Å². The SMILES string of the molecule is COc1ccc([C@@H]2C[C@H]2NCC2CC2)cc1C(=O)NC1CCOCC1. The van der Waals surface area contributed by atoms with E-state index in [1.807, 2.05) is 12.1 Å². The summed E-state index contributed by atoms with van der Waals surface area (Å²) < 4.78 is 10.8. The second kappa shape index (κ2) is 7.34. The molecule has 1 aliphatic heterocycles. The predicted octanol–water partition coefficient (Wildman–Crippen LogP) is 2.46. The molecule has 1 saturated heterocycles. The van der Waals surface area contributed by atoms with E-state index in [0.717, 1.165) is 38.5 Å². The molecule has 1 amide bonds. The van der Waals surface area contributed by atoms with E-state index in [-0.39, 0.29) is 11.9 Å². The number of hydrogen-bond donors (Lipinski definition) is 2. The number of rotatable bonds is 7. The van der Waals surface area contributed by atoms with Gasteiger partial charge in [0.15, 0.2) is 0 Å². The van der Waals surface area contributed by atoms with Gasteiger partial charge in [0.1, 0.15) is 5.75 Å². The molecule has 3 fully saturated rings. The number of methoxy groups -OCH3 is 1. The van der Waals surface area contributed by atoms with Crippen LogP contribution in [-0.4, -0.2) is 44.9 Å². The topological polar surface area (TPSA) is 59.6 Å². The highest BCUT2D eigenvalue weighted by atomic mass is 16.5. The van der Waals surface area contributed by atoms with Crippen LogP contribution < -0.4 is 15.4 Å². The summed E-state index contributed by atoms with van der Waals surface area (Å²) >= 11 is 0. The molecule has 25 heavy (non-hydrogen) atoms. The van der Waals surface area contributed by atoms with E-state index in [1.165, 1.54) is 24.8 Å². The molecule has 1 aromatic rings. The highest BCUT2D eigenvalue weighted by Crippen LogP contribution is 2.42. The molecule has 0 aromatic heterocycles. The van der Waals surface area contributed by atoms with Crippen molar-refractivity contribution in [3.05, 3.63) is 29.3 Å². The molecule has 3 aliphatic rings. The lowest BCUT2D eigenvalue weighted by atomic mass is 10.0. The van der Waals surface area contributed by atoms with Crippen molar-refractivity contribution in [3.63, 3.8) is 0 Å². The van der Waals surface area contributed by atoms with E-state index in [1.54, 1.807) is 7.11 Å². The van der Waals surface area contributed by atoms with Crippen molar-refractivity contribution in [1.29, 1.82) is 0 Å². The predicted molar refractivity (Wildman–Crippen MR) is 96.2 cm³/mol. The number of carbonyl (C=O) groups excluding carboxylic acids is 1. The average molecular weight is 344 g/mol. The molecule has 2 N–H and O–H groups in total. The van der Waals surface area contributed by atoms with Gasteiger partial charge >= 0.3 is 0 Å². The number of nitrogens with one attached hydrogen (secondary N) is 2. The molecule has 0 radical (unpaired) electrons. The summed E-state index contributed by atoms with van der Waals surface area (Å²) in [4.78, 5) is 12.7. The number of ether oxygens (including phenoxy) is 2. The largest absolute Gasteiger partial charge is 0.496 e. The minimum Gasteiger partial charge on any atom is -0.496 e. The second-order valence-electron chi connectivity index (χ2n) is 7.62. The van der Waals surface area contributed by atoms with Gasteiger partial charge in [-0.25, -0.2) is 0 Å². The van der Waals surface area contributed by atoms with Crippen molar-refractivity contribution in [1.82, 2.24) is 10.6 Å². The van der Waals surface area contributed by atoms with E-state index >= 15 is 0 Å². The molecular formula is C20H28N2O3. The normalized spacial score (nSPS) is 26.3. The Hall–Kier alpha value is -1.59. The third-order valence-corrected chi connectivity index (χ3v) is 5.61. The molecule has 1 heterocycles. The maximum absolute atomic E-state index is 12.7. The maximum atomic E-state index is 12.7. The van der Waals surface area contributed by atoms with Crippen LogP contribution in [0.4, 0.5) is 0 Å². The van der Waals surface area contributed by atoms with Gasteiger partial charge in [-0.3, -0.25) is 4.79 Å². The lowest BCUT2D eigenvalue weighted by Crippen LogP contribution is -2.39. The van der Waals surface area contributed by atoms with Gasteiger partial charge in [-0.05, 0) is 62.3 Å². The van der Waals surface area contributed by atoms with E-state index < -0.39 is 0 Å².